The van der Waals surface area contributed by atoms with Gasteiger partial charge >= 0.3 is 0 Å². The molecule has 100 valence electrons. The summed E-state index contributed by atoms with van der Waals surface area (Å²) in [7, 11) is 0. The van der Waals surface area contributed by atoms with Crippen LogP contribution in [0.25, 0.3) is 0 Å². The number of hydrogen-bond donors (Lipinski definition) is 2. The van der Waals surface area contributed by atoms with E-state index >= 15 is 0 Å². The van der Waals surface area contributed by atoms with Crippen molar-refractivity contribution in [3.63, 3.8) is 0 Å². The third-order valence-electron chi connectivity index (χ3n) is 4.21. The average Bonchev–Trinajstić information content (AvgIpc) is 2.93. The molecule has 1 fully saturated rings. The first-order valence-corrected chi connectivity index (χ1v) is 7.10. The van der Waals surface area contributed by atoms with Gasteiger partial charge in [0.1, 0.15) is 11.6 Å². The van der Waals surface area contributed by atoms with Crippen LogP contribution in [0.1, 0.15) is 56.7 Å². The van der Waals surface area contributed by atoms with Crippen LogP contribution in [0.5, 0.6) is 0 Å². The van der Waals surface area contributed by atoms with E-state index in [0.29, 0.717) is 6.04 Å². The number of nitrogens with zero attached hydrogens (tertiary/aromatic N) is 3. The lowest BCUT2D eigenvalue weighted by atomic mass is 9.92. The summed E-state index contributed by atoms with van der Waals surface area (Å²) >= 11 is 0. The maximum Gasteiger partial charge on any atom is 0.149 e. The molecule has 1 aliphatic heterocycles. The largest absolute Gasteiger partial charge is 0.393 e. The van der Waals surface area contributed by atoms with Gasteiger partial charge in [0.25, 0.3) is 0 Å². The molecular weight excluding hydrogens is 228 g/mol. The molecule has 1 aromatic rings. The van der Waals surface area contributed by atoms with Crippen LogP contribution >= 0.6 is 0 Å². The van der Waals surface area contributed by atoms with E-state index in [9.17, 15) is 5.11 Å². The van der Waals surface area contributed by atoms with Gasteiger partial charge in [-0.05, 0) is 39.0 Å². The number of nitrogens with one attached hydrogen (secondary N) is 1. The standard InChI is InChI=1S/C13H22N4O/c1-9(14-10-4-6-11(18)7-5-10)13-16-15-12-3-2-8-17(12)13/h9-11,14,18H,2-8H2,1H3. The lowest BCUT2D eigenvalue weighted by Gasteiger charge is -2.28. The van der Waals surface area contributed by atoms with Crippen molar-refractivity contribution in [3.05, 3.63) is 11.6 Å². The zero-order valence-electron chi connectivity index (χ0n) is 11.0. The van der Waals surface area contributed by atoms with Gasteiger partial charge in [-0.3, -0.25) is 0 Å². The van der Waals surface area contributed by atoms with E-state index in [4.69, 9.17) is 0 Å². The average molecular weight is 250 g/mol. The third-order valence-corrected chi connectivity index (χ3v) is 4.21. The number of rotatable bonds is 3. The van der Waals surface area contributed by atoms with Gasteiger partial charge in [-0.1, -0.05) is 0 Å². The highest BCUT2D eigenvalue weighted by Gasteiger charge is 2.25. The molecule has 0 saturated heterocycles. The Morgan fingerprint density at radius 3 is 2.83 bits per heavy atom. The fourth-order valence-corrected chi connectivity index (χ4v) is 3.16. The Hall–Kier alpha value is -0.940. The van der Waals surface area contributed by atoms with Crippen LogP contribution in [0.15, 0.2) is 0 Å². The van der Waals surface area contributed by atoms with Crippen molar-refractivity contribution in [2.45, 2.75) is 70.2 Å². The Balaban J connectivity index is 1.62. The van der Waals surface area contributed by atoms with E-state index in [0.717, 1.165) is 50.3 Å². The smallest absolute Gasteiger partial charge is 0.149 e. The topological polar surface area (TPSA) is 63.0 Å². The summed E-state index contributed by atoms with van der Waals surface area (Å²) in [4.78, 5) is 0. The Bertz CT molecular complexity index is 409. The lowest BCUT2D eigenvalue weighted by Crippen LogP contribution is -2.37. The number of hydrogen-bond acceptors (Lipinski definition) is 4. The zero-order valence-corrected chi connectivity index (χ0v) is 11.0. The Morgan fingerprint density at radius 1 is 1.28 bits per heavy atom. The molecule has 5 heteroatoms. The number of aliphatic hydroxyl groups is 1. The molecule has 0 amide bonds. The molecule has 1 atom stereocenters. The highest BCUT2D eigenvalue weighted by molar-refractivity contribution is 5.04. The van der Waals surface area contributed by atoms with Gasteiger partial charge in [0, 0.05) is 19.0 Å². The number of fused-ring (bicyclic) bond motifs is 1. The van der Waals surface area contributed by atoms with Gasteiger partial charge in [0.05, 0.1) is 12.1 Å². The molecule has 3 rings (SSSR count). The SMILES string of the molecule is CC(NC1CCC(O)CC1)c1nnc2n1CCC2. The number of aromatic nitrogens is 3. The Kier molecular flexibility index (Phi) is 3.35. The molecule has 0 aromatic carbocycles. The molecule has 1 saturated carbocycles. The Labute approximate surface area is 108 Å². The number of aliphatic hydroxyl groups excluding tert-OH is 1. The first-order valence-electron chi connectivity index (χ1n) is 7.10. The molecule has 2 heterocycles. The van der Waals surface area contributed by atoms with Crippen LogP contribution in [0, 0.1) is 0 Å². The summed E-state index contributed by atoms with van der Waals surface area (Å²) in [5.41, 5.74) is 0. The second-order valence-corrected chi connectivity index (χ2v) is 5.62. The van der Waals surface area contributed by atoms with Crippen LogP contribution in [0.2, 0.25) is 0 Å². The first-order chi connectivity index (χ1) is 8.74. The van der Waals surface area contributed by atoms with Crippen molar-refractivity contribution < 1.29 is 5.11 Å². The van der Waals surface area contributed by atoms with E-state index < -0.39 is 0 Å². The second kappa shape index (κ2) is 4.97. The van der Waals surface area contributed by atoms with Gasteiger partial charge in [-0.25, -0.2) is 0 Å². The highest BCUT2D eigenvalue weighted by atomic mass is 16.3. The van der Waals surface area contributed by atoms with Crippen LogP contribution < -0.4 is 5.32 Å². The third kappa shape index (κ3) is 2.29. The summed E-state index contributed by atoms with van der Waals surface area (Å²) in [5, 5.41) is 21.7. The molecule has 2 N–H and O–H groups in total. The minimum atomic E-state index is -0.0873. The highest BCUT2D eigenvalue weighted by Crippen LogP contribution is 2.23. The van der Waals surface area contributed by atoms with Gasteiger partial charge in [-0.2, -0.15) is 0 Å². The van der Waals surface area contributed by atoms with E-state index in [2.05, 4.69) is 27.0 Å². The summed E-state index contributed by atoms with van der Waals surface area (Å²) in [6.45, 7) is 3.23. The summed E-state index contributed by atoms with van der Waals surface area (Å²) < 4.78 is 2.26. The van der Waals surface area contributed by atoms with Crippen molar-refractivity contribution in [2.24, 2.45) is 0 Å². The fourth-order valence-electron chi connectivity index (χ4n) is 3.16. The molecule has 0 spiro atoms. The monoisotopic (exact) mass is 250 g/mol. The van der Waals surface area contributed by atoms with Crippen molar-refractivity contribution in [3.8, 4) is 0 Å². The van der Waals surface area contributed by atoms with Gasteiger partial charge in [-0.15, -0.1) is 10.2 Å². The molecule has 1 aromatic heterocycles. The van der Waals surface area contributed by atoms with E-state index in [1.165, 1.54) is 6.42 Å². The molecule has 2 aliphatic rings. The van der Waals surface area contributed by atoms with Crippen molar-refractivity contribution in [1.82, 2.24) is 20.1 Å². The van der Waals surface area contributed by atoms with E-state index in [-0.39, 0.29) is 12.1 Å². The van der Waals surface area contributed by atoms with E-state index in [1.807, 2.05) is 0 Å². The molecule has 0 radical (unpaired) electrons. The Morgan fingerprint density at radius 2 is 2.06 bits per heavy atom. The molecule has 5 nitrogen and oxygen atoms in total. The van der Waals surface area contributed by atoms with Gasteiger partial charge in [0.15, 0.2) is 0 Å². The second-order valence-electron chi connectivity index (χ2n) is 5.62. The van der Waals surface area contributed by atoms with Crippen molar-refractivity contribution >= 4 is 0 Å². The van der Waals surface area contributed by atoms with Crippen LogP contribution in [0.4, 0.5) is 0 Å². The summed E-state index contributed by atoms with van der Waals surface area (Å²) in [6, 6.07) is 0.766. The predicted octanol–water partition coefficient (Wildman–Crippen LogP) is 1.18. The van der Waals surface area contributed by atoms with Crippen molar-refractivity contribution in [1.29, 1.82) is 0 Å². The first kappa shape index (κ1) is 12.1. The molecule has 1 aliphatic carbocycles. The molecule has 18 heavy (non-hydrogen) atoms. The molecule has 0 bridgehead atoms. The van der Waals surface area contributed by atoms with Gasteiger partial charge < -0.3 is 15.0 Å². The summed E-state index contributed by atoms with van der Waals surface area (Å²) in [6.07, 6.45) is 6.13. The zero-order chi connectivity index (χ0) is 12.5. The van der Waals surface area contributed by atoms with E-state index in [1.54, 1.807) is 0 Å². The minimum Gasteiger partial charge on any atom is -0.393 e. The predicted molar refractivity (Wildman–Crippen MR) is 68.2 cm³/mol. The van der Waals surface area contributed by atoms with Gasteiger partial charge in [0.2, 0.25) is 0 Å². The molecular formula is C13H22N4O. The van der Waals surface area contributed by atoms with Crippen LogP contribution in [-0.2, 0) is 13.0 Å². The fraction of sp³-hybridized carbons (Fsp3) is 0.846. The summed E-state index contributed by atoms with van der Waals surface area (Å²) in [5.74, 6) is 2.21. The lowest BCUT2D eigenvalue weighted by molar-refractivity contribution is 0.114. The normalized spacial score (nSPS) is 29.2. The van der Waals surface area contributed by atoms with Crippen LogP contribution in [-0.4, -0.2) is 32.0 Å². The quantitative estimate of drug-likeness (QED) is 0.845. The maximum atomic E-state index is 9.52. The van der Waals surface area contributed by atoms with Crippen molar-refractivity contribution in [2.75, 3.05) is 0 Å². The number of aryl methyl sites for hydroxylation is 1. The molecule has 1 unspecified atom stereocenters. The van der Waals surface area contributed by atoms with Crippen LogP contribution in [0.3, 0.4) is 0 Å². The maximum absolute atomic E-state index is 9.52. The minimum absolute atomic E-state index is 0.0873.